The fraction of sp³-hybridized carbons (Fsp3) is 0.143. The molecule has 2 aliphatic rings. The highest BCUT2D eigenvalue weighted by Gasteiger charge is 2.21. The van der Waals surface area contributed by atoms with Crippen LogP contribution in [0.3, 0.4) is 0 Å². The summed E-state index contributed by atoms with van der Waals surface area (Å²) in [6.07, 6.45) is 6.12. The number of ketones is 1. The van der Waals surface area contributed by atoms with Gasteiger partial charge in [-0.3, -0.25) is 4.79 Å². The highest BCUT2D eigenvalue weighted by atomic mass is 32.2. The van der Waals surface area contributed by atoms with Gasteiger partial charge in [0.2, 0.25) is 0 Å². The number of allylic oxidation sites excluding steroid dienone is 3. The zero-order valence-electron chi connectivity index (χ0n) is 8.85. The molecule has 0 aromatic heterocycles. The SMILES string of the molecule is O=C1C(S2=CCC=C2)=CCc2ccccc21. The van der Waals surface area contributed by atoms with E-state index in [0.717, 1.165) is 28.9 Å². The fourth-order valence-corrected chi connectivity index (χ4v) is 3.76. The van der Waals surface area contributed by atoms with Gasteiger partial charge < -0.3 is 0 Å². The summed E-state index contributed by atoms with van der Waals surface area (Å²) in [5.41, 5.74) is 2.05. The van der Waals surface area contributed by atoms with Crippen molar-refractivity contribution in [2.45, 2.75) is 12.8 Å². The van der Waals surface area contributed by atoms with E-state index in [1.165, 1.54) is 0 Å². The summed E-state index contributed by atoms with van der Waals surface area (Å²) in [7, 11) is -0.0451. The molecule has 1 aromatic carbocycles. The number of hydrogen-bond acceptors (Lipinski definition) is 1. The Balaban J connectivity index is 2.05. The third-order valence-electron chi connectivity index (χ3n) is 2.90. The Bertz CT molecular complexity index is 550. The molecule has 1 heterocycles. The topological polar surface area (TPSA) is 17.1 Å². The predicted molar refractivity (Wildman–Crippen MR) is 70.0 cm³/mol. The third-order valence-corrected chi connectivity index (χ3v) is 4.80. The molecule has 0 saturated carbocycles. The van der Waals surface area contributed by atoms with Crippen LogP contribution in [0.2, 0.25) is 0 Å². The zero-order chi connectivity index (χ0) is 11.0. The van der Waals surface area contributed by atoms with Crippen LogP contribution in [0.1, 0.15) is 22.3 Å². The van der Waals surface area contributed by atoms with Crippen LogP contribution >= 0.6 is 10.5 Å². The van der Waals surface area contributed by atoms with Crippen molar-refractivity contribution in [3.05, 3.63) is 57.9 Å². The van der Waals surface area contributed by atoms with E-state index in [0.29, 0.717) is 0 Å². The Hall–Kier alpha value is -1.41. The molecule has 0 amide bonds. The number of carbonyl (C=O) groups is 1. The molecule has 0 radical (unpaired) electrons. The molecular weight excluding hydrogens is 216 g/mol. The predicted octanol–water partition coefficient (Wildman–Crippen LogP) is 3.30. The number of fused-ring (bicyclic) bond motifs is 1. The van der Waals surface area contributed by atoms with Crippen LogP contribution in [0.4, 0.5) is 0 Å². The van der Waals surface area contributed by atoms with Crippen LogP contribution in [0.5, 0.6) is 0 Å². The average molecular weight is 228 g/mol. The minimum absolute atomic E-state index is 0.0451. The molecule has 0 N–H and O–H groups in total. The molecule has 1 unspecified atom stereocenters. The largest absolute Gasteiger partial charge is 0.288 e. The molecule has 1 nitrogen and oxygen atoms in total. The van der Waals surface area contributed by atoms with Crippen molar-refractivity contribution in [1.82, 2.24) is 0 Å². The molecule has 3 rings (SSSR count). The summed E-state index contributed by atoms with van der Waals surface area (Å²) in [6.45, 7) is 0. The molecule has 0 fully saturated rings. The van der Waals surface area contributed by atoms with Crippen molar-refractivity contribution in [2.24, 2.45) is 0 Å². The number of rotatable bonds is 1. The number of carbonyl (C=O) groups excluding carboxylic acids is 1. The van der Waals surface area contributed by atoms with Crippen molar-refractivity contribution in [2.75, 3.05) is 0 Å². The van der Waals surface area contributed by atoms with Gasteiger partial charge >= 0.3 is 0 Å². The standard InChI is InChI=1S/C14H12OS/c15-14-12-6-2-1-5-11(12)7-8-13(14)16-9-3-4-10-16/h1-3,5-6,8-10H,4,7H2. The minimum Gasteiger partial charge on any atom is -0.288 e. The average Bonchev–Trinajstić information content (AvgIpc) is 2.83. The molecule has 80 valence electrons. The molecule has 0 spiro atoms. The van der Waals surface area contributed by atoms with E-state index < -0.39 is 0 Å². The smallest absolute Gasteiger partial charge is 0.199 e. The molecular formula is C14H12OS. The molecule has 0 bridgehead atoms. The first-order valence-electron chi connectivity index (χ1n) is 5.41. The summed E-state index contributed by atoms with van der Waals surface area (Å²) in [4.78, 5) is 13.3. The number of benzene rings is 1. The lowest BCUT2D eigenvalue weighted by molar-refractivity contribution is 0.104. The molecule has 16 heavy (non-hydrogen) atoms. The minimum atomic E-state index is -0.0451. The summed E-state index contributed by atoms with van der Waals surface area (Å²) in [5, 5.41) is 4.37. The number of hydrogen-bond donors (Lipinski definition) is 0. The van der Waals surface area contributed by atoms with E-state index >= 15 is 0 Å². The van der Waals surface area contributed by atoms with Crippen LogP contribution in [0.25, 0.3) is 0 Å². The lowest BCUT2D eigenvalue weighted by Gasteiger charge is -2.16. The molecule has 1 aromatic rings. The maximum Gasteiger partial charge on any atom is 0.199 e. The normalized spacial score (nSPS) is 22.6. The first-order valence-corrected chi connectivity index (χ1v) is 6.76. The Kier molecular flexibility index (Phi) is 2.37. The monoisotopic (exact) mass is 228 g/mol. The Labute approximate surface area is 97.4 Å². The summed E-state index contributed by atoms with van der Waals surface area (Å²) in [5.74, 6) is 0.216. The van der Waals surface area contributed by atoms with E-state index in [1.54, 1.807) is 0 Å². The van der Waals surface area contributed by atoms with Gasteiger partial charge in [-0.05, 0) is 29.2 Å². The van der Waals surface area contributed by atoms with Crippen LogP contribution in [0.15, 0.2) is 46.7 Å². The first-order chi connectivity index (χ1) is 7.86. The third kappa shape index (κ3) is 1.50. The molecule has 0 saturated heterocycles. The molecule has 1 aliphatic carbocycles. The van der Waals surface area contributed by atoms with Gasteiger partial charge in [0, 0.05) is 10.5 Å². The Morgan fingerprint density at radius 3 is 2.88 bits per heavy atom. The van der Waals surface area contributed by atoms with Gasteiger partial charge in [-0.15, -0.1) is 10.5 Å². The van der Waals surface area contributed by atoms with E-state index in [4.69, 9.17) is 0 Å². The van der Waals surface area contributed by atoms with Gasteiger partial charge in [-0.25, -0.2) is 0 Å². The van der Waals surface area contributed by atoms with Crippen molar-refractivity contribution in [3.8, 4) is 0 Å². The van der Waals surface area contributed by atoms with E-state index in [2.05, 4.69) is 22.9 Å². The maximum atomic E-state index is 12.3. The second-order valence-electron chi connectivity index (χ2n) is 3.90. The number of Topliss-reactive ketones (excluding diaryl/α,β-unsaturated/α-hetero) is 1. The van der Waals surface area contributed by atoms with E-state index in [9.17, 15) is 4.79 Å². The van der Waals surface area contributed by atoms with Crippen LogP contribution in [0, 0.1) is 0 Å². The van der Waals surface area contributed by atoms with Gasteiger partial charge in [0.15, 0.2) is 5.78 Å². The fourth-order valence-electron chi connectivity index (χ4n) is 2.09. The second kappa shape index (κ2) is 3.87. The highest BCUT2D eigenvalue weighted by molar-refractivity contribution is 8.21. The quantitative estimate of drug-likeness (QED) is 0.674. The Morgan fingerprint density at radius 2 is 2.06 bits per heavy atom. The van der Waals surface area contributed by atoms with Crippen molar-refractivity contribution in [1.29, 1.82) is 0 Å². The summed E-state index contributed by atoms with van der Waals surface area (Å²) < 4.78 is 0. The molecule has 1 atom stereocenters. The van der Waals surface area contributed by atoms with Crippen molar-refractivity contribution in [3.63, 3.8) is 0 Å². The van der Waals surface area contributed by atoms with Gasteiger partial charge in [0.25, 0.3) is 0 Å². The molecule has 1 aliphatic heterocycles. The van der Waals surface area contributed by atoms with Crippen molar-refractivity contribution < 1.29 is 4.79 Å². The van der Waals surface area contributed by atoms with Gasteiger partial charge in [0.1, 0.15) is 0 Å². The highest BCUT2D eigenvalue weighted by Crippen LogP contribution is 2.36. The maximum absolute atomic E-state index is 12.3. The van der Waals surface area contributed by atoms with E-state index in [-0.39, 0.29) is 16.3 Å². The van der Waals surface area contributed by atoms with Crippen LogP contribution in [-0.2, 0) is 6.42 Å². The Morgan fingerprint density at radius 1 is 1.19 bits per heavy atom. The lowest BCUT2D eigenvalue weighted by atomic mass is 9.96. The van der Waals surface area contributed by atoms with Gasteiger partial charge in [0.05, 0.1) is 0 Å². The van der Waals surface area contributed by atoms with Crippen molar-refractivity contribution >= 4 is 21.6 Å². The zero-order valence-corrected chi connectivity index (χ0v) is 9.67. The van der Waals surface area contributed by atoms with E-state index in [1.807, 2.05) is 24.3 Å². The van der Waals surface area contributed by atoms with Gasteiger partial charge in [-0.1, -0.05) is 36.4 Å². The summed E-state index contributed by atoms with van der Waals surface area (Å²) >= 11 is 0. The summed E-state index contributed by atoms with van der Waals surface area (Å²) in [6, 6.07) is 7.91. The first kappa shape index (κ1) is 9.79. The molecule has 2 heteroatoms. The second-order valence-corrected chi connectivity index (χ2v) is 5.69. The van der Waals surface area contributed by atoms with Crippen LogP contribution < -0.4 is 0 Å². The lowest BCUT2D eigenvalue weighted by Crippen LogP contribution is -2.10. The van der Waals surface area contributed by atoms with Gasteiger partial charge in [-0.2, -0.15) is 0 Å². The van der Waals surface area contributed by atoms with Crippen LogP contribution in [-0.4, -0.2) is 11.2 Å².